The number of aromatic nitrogens is 1. The zero-order chi connectivity index (χ0) is 39.1. The Morgan fingerprint density at radius 3 is 1.17 bits per heavy atom. The lowest BCUT2D eigenvalue weighted by atomic mass is 9.82. The highest BCUT2D eigenvalue weighted by Crippen LogP contribution is 2.48. The molecule has 0 fully saturated rings. The maximum atomic E-state index is 5.02. The molecule has 0 bridgehead atoms. The van der Waals surface area contributed by atoms with Crippen LogP contribution in [0.3, 0.4) is 0 Å². The van der Waals surface area contributed by atoms with Crippen molar-refractivity contribution in [3.63, 3.8) is 0 Å². The summed E-state index contributed by atoms with van der Waals surface area (Å²) >= 11 is 1.75. The summed E-state index contributed by atoms with van der Waals surface area (Å²) < 4.78 is 1.20. The maximum absolute atomic E-state index is 5.02. The summed E-state index contributed by atoms with van der Waals surface area (Å²) in [5.74, 6) is 0. The highest BCUT2D eigenvalue weighted by atomic mass is 32.1. The smallest absolute Gasteiger partial charge is 0.124 e. The molecular formula is C57H37NS. The summed E-state index contributed by atoms with van der Waals surface area (Å²) in [6.07, 6.45) is 0. The van der Waals surface area contributed by atoms with Crippen LogP contribution in [0, 0.1) is 0 Å². The van der Waals surface area contributed by atoms with E-state index in [0.29, 0.717) is 0 Å². The number of hydrogen-bond donors (Lipinski definition) is 0. The van der Waals surface area contributed by atoms with Crippen LogP contribution in [-0.4, -0.2) is 4.98 Å². The molecule has 1 aromatic heterocycles. The lowest BCUT2D eigenvalue weighted by Gasteiger charge is -2.21. The van der Waals surface area contributed by atoms with E-state index in [1.807, 2.05) is 0 Å². The van der Waals surface area contributed by atoms with Gasteiger partial charge in [-0.2, -0.15) is 0 Å². The van der Waals surface area contributed by atoms with Crippen molar-refractivity contribution in [1.82, 2.24) is 4.98 Å². The van der Waals surface area contributed by atoms with Crippen LogP contribution in [0.2, 0.25) is 0 Å². The molecule has 11 aromatic rings. The van der Waals surface area contributed by atoms with Gasteiger partial charge in [-0.15, -0.1) is 11.3 Å². The van der Waals surface area contributed by atoms with E-state index in [9.17, 15) is 0 Å². The molecule has 0 aliphatic carbocycles. The van der Waals surface area contributed by atoms with Gasteiger partial charge in [-0.25, -0.2) is 4.98 Å². The third-order valence-corrected chi connectivity index (χ3v) is 12.6. The minimum atomic E-state index is 1.04. The molecule has 11 rings (SSSR count). The summed E-state index contributed by atoms with van der Waals surface area (Å²) in [6, 6.07) is 81.6. The van der Waals surface area contributed by atoms with Crippen LogP contribution < -0.4 is 0 Å². The summed E-state index contributed by atoms with van der Waals surface area (Å²) in [6.45, 7) is 0. The van der Waals surface area contributed by atoms with Crippen molar-refractivity contribution in [2.45, 2.75) is 0 Å². The van der Waals surface area contributed by atoms with Gasteiger partial charge in [0.25, 0.3) is 0 Å². The number of thiazole rings is 1. The van der Waals surface area contributed by atoms with Crippen LogP contribution in [-0.2, 0) is 0 Å². The van der Waals surface area contributed by atoms with E-state index in [2.05, 4.69) is 224 Å². The number of fused-ring (bicyclic) bond motifs is 3. The van der Waals surface area contributed by atoms with Crippen molar-refractivity contribution in [3.8, 4) is 77.3 Å². The Labute approximate surface area is 348 Å². The Morgan fingerprint density at radius 2 is 0.661 bits per heavy atom. The quantitative estimate of drug-likeness (QED) is 0.147. The first-order valence-electron chi connectivity index (χ1n) is 20.1. The molecular weight excluding hydrogens is 731 g/mol. The highest BCUT2D eigenvalue weighted by Gasteiger charge is 2.21. The molecule has 2 heteroatoms. The van der Waals surface area contributed by atoms with Crippen molar-refractivity contribution in [3.05, 3.63) is 224 Å². The minimum absolute atomic E-state index is 1.04. The zero-order valence-corrected chi connectivity index (χ0v) is 33.0. The van der Waals surface area contributed by atoms with E-state index < -0.39 is 0 Å². The summed E-state index contributed by atoms with van der Waals surface area (Å²) in [5, 5.41) is 5.96. The van der Waals surface area contributed by atoms with Crippen LogP contribution in [0.1, 0.15) is 0 Å². The third-order valence-electron chi connectivity index (χ3n) is 11.5. The molecule has 10 aromatic carbocycles. The zero-order valence-electron chi connectivity index (χ0n) is 32.2. The van der Waals surface area contributed by atoms with Crippen molar-refractivity contribution < 1.29 is 0 Å². The van der Waals surface area contributed by atoms with Gasteiger partial charge in [0.05, 0.1) is 10.2 Å². The number of benzene rings is 10. The molecule has 0 amide bonds. The molecule has 0 aliphatic rings. The molecule has 1 heterocycles. The van der Waals surface area contributed by atoms with Gasteiger partial charge in [0.15, 0.2) is 0 Å². The number of para-hydroxylation sites is 1. The molecule has 1 nitrogen and oxygen atoms in total. The number of nitrogens with zero attached hydrogens (tertiary/aromatic N) is 1. The predicted molar refractivity (Wildman–Crippen MR) is 253 cm³/mol. The molecule has 0 radical (unpaired) electrons. The molecule has 0 unspecified atom stereocenters. The summed E-state index contributed by atoms with van der Waals surface area (Å²) in [5.41, 5.74) is 16.6. The lowest BCUT2D eigenvalue weighted by molar-refractivity contribution is 1.48. The van der Waals surface area contributed by atoms with E-state index in [1.165, 1.54) is 93.0 Å². The average Bonchev–Trinajstić information content (AvgIpc) is 3.76. The van der Waals surface area contributed by atoms with E-state index in [4.69, 9.17) is 4.98 Å². The number of hydrogen-bond acceptors (Lipinski definition) is 2. The molecule has 0 spiro atoms. The predicted octanol–water partition coefficient (Wildman–Crippen LogP) is 16.3. The third kappa shape index (κ3) is 6.32. The Balaban J connectivity index is 1.14. The first kappa shape index (κ1) is 34.8. The molecule has 59 heavy (non-hydrogen) atoms. The van der Waals surface area contributed by atoms with Gasteiger partial charge in [0.1, 0.15) is 5.01 Å². The van der Waals surface area contributed by atoms with Crippen LogP contribution in [0.15, 0.2) is 224 Å². The van der Waals surface area contributed by atoms with Gasteiger partial charge in [-0.3, -0.25) is 0 Å². The first-order valence-corrected chi connectivity index (χ1v) is 20.9. The lowest BCUT2D eigenvalue weighted by Crippen LogP contribution is -1.94. The highest BCUT2D eigenvalue weighted by molar-refractivity contribution is 7.21. The van der Waals surface area contributed by atoms with Crippen LogP contribution >= 0.6 is 11.3 Å². The Kier molecular flexibility index (Phi) is 8.76. The summed E-state index contributed by atoms with van der Waals surface area (Å²) in [7, 11) is 0. The van der Waals surface area contributed by atoms with Gasteiger partial charge in [0, 0.05) is 5.56 Å². The normalized spacial score (nSPS) is 11.4. The van der Waals surface area contributed by atoms with Gasteiger partial charge >= 0.3 is 0 Å². The van der Waals surface area contributed by atoms with E-state index >= 15 is 0 Å². The number of rotatable bonds is 7. The van der Waals surface area contributed by atoms with Gasteiger partial charge in [0.2, 0.25) is 0 Å². The summed E-state index contributed by atoms with van der Waals surface area (Å²) in [4.78, 5) is 5.02. The molecule has 0 atom stereocenters. The van der Waals surface area contributed by atoms with Crippen LogP contribution in [0.4, 0.5) is 0 Å². The Hall–Kier alpha value is -7.39. The monoisotopic (exact) mass is 767 g/mol. The average molecular weight is 768 g/mol. The molecule has 276 valence electrons. The fraction of sp³-hybridized carbons (Fsp3) is 0. The van der Waals surface area contributed by atoms with Gasteiger partial charge < -0.3 is 0 Å². The minimum Gasteiger partial charge on any atom is -0.236 e. The van der Waals surface area contributed by atoms with Crippen LogP contribution in [0.5, 0.6) is 0 Å². The van der Waals surface area contributed by atoms with Crippen molar-refractivity contribution >= 4 is 43.1 Å². The molecule has 0 saturated heterocycles. The second-order valence-electron chi connectivity index (χ2n) is 15.0. The molecule has 0 aliphatic heterocycles. The van der Waals surface area contributed by atoms with Crippen molar-refractivity contribution in [2.75, 3.05) is 0 Å². The second kappa shape index (κ2) is 14.8. The fourth-order valence-corrected chi connectivity index (χ4v) is 9.79. The maximum Gasteiger partial charge on any atom is 0.124 e. The molecule has 0 N–H and O–H groups in total. The first-order chi connectivity index (χ1) is 29.3. The molecule has 0 saturated carbocycles. The largest absolute Gasteiger partial charge is 0.236 e. The Morgan fingerprint density at radius 1 is 0.271 bits per heavy atom. The standard InChI is InChI=1S/C57H37NS/c1-4-18-38(19-5-1)45-36-50(39-20-6-2-7-21-39)56(51(37-45)40-22-8-3-9-23-40)42-25-16-24-41(34-42)54-46-28-10-12-30-48(46)55(49-31-13-11-29-47(49)54)43-26-17-27-44(35-43)57-58-52-32-14-15-33-53(52)59-57/h1-37H. The van der Waals surface area contributed by atoms with E-state index in [1.54, 1.807) is 11.3 Å². The van der Waals surface area contributed by atoms with Crippen molar-refractivity contribution in [2.24, 2.45) is 0 Å². The van der Waals surface area contributed by atoms with Crippen molar-refractivity contribution in [1.29, 1.82) is 0 Å². The van der Waals surface area contributed by atoms with Gasteiger partial charge in [-0.1, -0.05) is 188 Å². The topological polar surface area (TPSA) is 12.9 Å². The van der Waals surface area contributed by atoms with Gasteiger partial charge in [-0.05, 0) is 125 Å². The van der Waals surface area contributed by atoms with E-state index in [-0.39, 0.29) is 0 Å². The van der Waals surface area contributed by atoms with E-state index in [0.717, 1.165) is 16.1 Å². The SMILES string of the molecule is c1ccc(-c2cc(-c3ccccc3)c(-c3cccc(-c4c5ccccc5c(-c5cccc(-c6nc7ccccc7s6)c5)c5ccccc45)c3)c(-c3ccccc3)c2)cc1. The van der Waals surface area contributed by atoms with Crippen LogP contribution in [0.25, 0.3) is 109 Å². The fourth-order valence-electron chi connectivity index (χ4n) is 8.83. The second-order valence-corrected chi connectivity index (χ2v) is 16.1. The Bertz CT molecular complexity index is 3160.